The van der Waals surface area contributed by atoms with E-state index in [2.05, 4.69) is 10.5 Å². The van der Waals surface area contributed by atoms with Crippen molar-refractivity contribution in [2.45, 2.75) is 6.42 Å². The van der Waals surface area contributed by atoms with Crippen molar-refractivity contribution in [1.82, 2.24) is 9.99 Å². The summed E-state index contributed by atoms with van der Waals surface area (Å²) in [5, 5.41) is 17.0. The number of rotatable bonds is 6. The largest absolute Gasteiger partial charge is 0.316 e. The van der Waals surface area contributed by atoms with E-state index in [4.69, 9.17) is 0 Å². The molecule has 0 radical (unpaired) electrons. The molecule has 0 bridgehead atoms. The second-order valence-electron chi connectivity index (χ2n) is 6.68. The van der Waals surface area contributed by atoms with Crippen LogP contribution in [0.3, 0.4) is 0 Å². The number of non-ortho nitro benzene ring substituents is 1. The fourth-order valence-electron chi connectivity index (χ4n) is 3.30. The number of nitro benzene ring substituents is 1. The number of aromatic nitrogens is 1. The smallest absolute Gasteiger partial charge is 0.269 e. The number of nitrogens with zero attached hydrogens (tertiary/aromatic N) is 3. The van der Waals surface area contributed by atoms with Crippen LogP contribution in [0.1, 0.15) is 11.3 Å². The highest BCUT2D eigenvalue weighted by Gasteiger charge is 2.08. The van der Waals surface area contributed by atoms with E-state index in [1.807, 2.05) is 65.4 Å². The van der Waals surface area contributed by atoms with Crippen molar-refractivity contribution < 1.29 is 9.72 Å². The van der Waals surface area contributed by atoms with E-state index in [9.17, 15) is 14.9 Å². The van der Waals surface area contributed by atoms with Crippen LogP contribution in [0.25, 0.3) is 16.5 Å². The van der Waals surface area contributed by atoms with Crippen LogP contribution in [0.2, 0.25) is 0 Å². The SMILES string of the molecule is O=C(Cc1cccc2ccccc12)N/N=C\c1cccn1-c1ccc([N+](=O)[O-])cc1. The second kappa shape index (κ2) is 8.40. The van der Waals surface area contributed by atoms with Crippen molar-refractivity contribution in [2.24, 2.45) is 5.10 Å². The Bertz CT molecular complexity index is 1240. The molecule has 3 aromatic carbocycles. The molecule has 1 N–H and O–H groups in total. The summed E-state index contributed by atoms with van der Waals surface area (Å²) in [4.78, 5) is 22.7. The van der Waals surface area contributed by atoms with E-state index in [1.165, 1.54) is 12.1 Å². The van der Waals surface area contributed by atoms with Gasteiger partial charge in [0, 0.05) is 24.0 Å². The molecule has 7 nitrogen and oxygen atoms in total. The Labute approximate surface area is 172 Å². The Morgan fingerprint density at radius 2 is 1.77 bits per heavy atom. The molecule has 0 saturated heterocycles. The highest BCUT2D eigenvalue weighted by atomic mass is 16.6. The number of amides is 1. The zero-order valence-electron chi connectivity index (χ0n) is 15.9. The third-order valence-corrected chi connectivity index (χ3v) is 4.74. The quantitative estimate of drug-likeness (QED) is 0.299. The molecular weight excluding hydrogens is 380 g/mol. The average Bonchev–Trinajstić information content (AvgIpc) is 3.22. The standard InChI is InChI=1S/C23H18N4O3/c28-23(15-18-7-3-6-17-5-1-2-9-22(17)18)25-24-16-21-8-4-14-26(21)19-10-12-20(13-11-19)27(29)30/h1-14,16H,15H2,(H,25,28)/b24-16-. The van der Waals surface area contributed by atoms with Gasteiger partial charge < -0.3 is 4.57 Å². The fourth-order valence-corrected chi connectivity index (χ4v) is 3.30. The van der Waals surface area contributed by atoms with Gasteiger partial charge in [0.25, 0.3) is 5.69 Å². The number of fused-ring (bicyclic) bond motifs is 1. The molecule has 1 amide bonds. The van der Waals surface area contributed by atoms with Gasteiger partial charge in [-0.2, -0.15) is 5.10 Å². The molecule has 1 heterocycles. The van der Waals surface area contributed by atoms with Crippen LogP contribution < -0.4 is 5.43 Å². The molecule has 0 saturated carbocycles. The molecule has 7 heteroatoms. The lowest BCUT2D eigenvalue weighted by atomic mass is 10.0. The van der Waals surface area contributed by atoms with Gasteiger partial charge in [0.1, 0.15) is 0 Å². The molecule has 4 rings (SSSR count). The maximum Gasteiger partial charge on any atom is 0.269 e. The van der Waals surface area contributed by atoms with Gasteiger partial charge in [-0.25, -0.2) is 5.43 Å². The highest BCUT2D eigenvalue weighted by molar-refractivity contribution is 5.90. The summed E-state index contributed by atoms with van der Waals surface area (Å²) in [6, 6.07) is 23.7. The molecule has 148 valence electrons. The van der Waals surface area contributed by atoms with Gasteiger partial charge in [-0.15, -0.1) is 0 Å². The minimum absolute atomic E-state index is 0.0295. The van der Waals surface area contributed by atoms with Crippen LogP contribution in [-0.4, -0.2) is 21.6 Å². The summed E-state index contributed by atoms with van der Waals surface area (Å²) in [6.45, 7) is 0. The Hall–Kier alpha value is -4.26. The van der Waals surface area contributed by atoms with Gasteiger partial charge in [0.2, 0.25) is 5.91 Å². The van der Waals surface area contributed by atoms with E-state index < -0.39 is 4.92 Å². The molecular formula is C23H18N4O3. The predicted octanol–water partition coefficient (Wildman–Crippen LogP) is 4.23. The monoisotopic (exact) mass is 398 g/mol. The number of benzene rings is 3. The number of hydrazone groups is 1. The van der Waals surface area contributed by atoms with E-state index >= 15 is 0 Å². The molecule has 0 atom stereocenters. The number of nitro groups is 1. The number of carbonyl (C=O) groups is 1. The van der Waals surface area contributed by atoms with Gasteiger partial charge in [0.15, 0.2) is 0 Å². The lowest BCUT2D eigenvalue weighted by Gasteiger charge is -2.07. The van der Waals surface area contributed by atoms with Crippen molar-refractivity contribution in [2.75, 3.05) is 0 Å². The molecule has 0 unspecified atom stereocenters. The maximum atomic E-state index is 12.3. The van der Waals surface area contributed by atoms with Crippen LogP contribution in [0.4, 0.5) is 5.69 Å². The predicted molar refractivity (Wildman–Crippen MR) is 116 cm³/mol. The minimum Gasteiger partial charge on any atom is -0.316 e. The van der Waals surface area contributed by atoms with Gasteiger partial charge in [0.05, 0.1) is 23.3 Å². The topological polar surface area (TPSA) is 89.5 Å². The van der Waals surface area contributed by atoms with Crippen LogP contribution in [0.5, 0.6) is 0 Å². The van der Waals surface area contributed by atoms with E-state index in [0.717, 1.165) is 27.7 Å². The first-order valence-electron chi connectivity index (χ1n) is 9.32. The van der Waals surface area contributed by atoms with Gasteiger partial charge in [-0.1, -0.05) is 42.5 Å². The first-order valence-corrected chi connectivity index (χ1v) is 9.32. The van der Waals surface area contributed by atoms with Gasteiger partial charge >= 0.3 is 0 Å². The minimum atomic E-state index is -0.437. The summed E-state index contributed by atoms with van der Waals surface area (Å²) in [7, 11) is 0. The zero-order valence-corrected chi connectivity index (χ0v) is 15.9. The maximum absolute atomic E-state index is 12.3. The van der Waals surface area contributed by atoms with Gasteiger partial charge in [-0.3, -0.25) is 14.9 Å². The lowest BCUT2D eigenvalue weighted by Crippen LogP contribution is -2.20. The first-order chi connectivity index (χ1) is 14.6. The van der Waals surface area contributed by atoms with E-state index in [0.29, 0.717) is 0 Å². The van der Waals surface area contributed by atoms with Crippen molar-refractivity contribution in [3.8, 4) is 5.69 Å². The number of carbonyl (C=O) groups excluding carboxylic acids is 1. The summed E-state index contributed by atoms with van der Waals surface area (Å²) < 4.78 is 1.82. The molecule has 1 aromatic heterocycles. The van der Waals surface area contributed by atoms with E-state index in [-0.39, 0.29) is 18.0 Å². The molecule has 0 fully saturated rings. The molecule has 4 aromatic rings. The molecule has 30 heavy (non-hydrogen) atoms. The number of nitrogens with one attached hydrogen (secondary N) is 1. The zero-order chi connectivity index (χ0) is 20.9. The van der Waals surface area contributed by atoms with Crippen molar-refractivity contribution in [3.05, 3.63) is 106 Å². The fraction of sp³-hybridized carbons (Fsp3) is 0.0435. The molecule has 0 aliphatic heterocycles. The van der Waals surface area contributed by atoms with Crippen LogP contribution >= 0.6 is 0 Å². The highest BCUT2D eigenvalue weighted by Crippen LogP contribution is 2.19. The second-order valence-corrected chi connectivity index (χ2v) is 6.68. The Kier molecular flexibility index (Phi) is 5.34. The van der Waals surface area contributed by atoms with Gasteiger partial charge in [-0.05, 0) is 40.6 Å². The normalized spacial score (nSPS) is 11.1. The molecule has 0 spiro atoms. The average molecular weight is 398 g/mol. The molecule has 0 aliphatic rings. The third kappa shape index (κ3) is 4.10. The van der Waals surface area contributed by atoms with Crippen LogP contribution in [0, 0.1) is 10.1 Å². The summed E-state index contributed by atoms with van der Waals surface area (Å²) in [5.74, 6) is -0.212. The van der Waals surface area contributed by atoms with Crippen LogP contribution in [0.15, 0.2) is 90.2 Å². The summed E-state index contributed by atoms with van der Waals surface area (Å²) >= 11 is 0. The Morgan fingerprint density at radius 3 is 2.57 bits per heavy atom. The Balaban J connectivity index is 1.44. The summed E-state index contributed by atoms with van der Waals surface area (Å²) in [6.07, 6.45) is 3.59. The van der Waals surface area contributed by atoms with Crippen LogP contribution in [-0.2, 0) is 11.2 Å². The first kappa shape index (κ1) is 19.1. The third-order valence-electron chi connectivity index (χ3n) is 4.74. The van der Waals surface area contributed by atoms with Crippen molar-refractivity contribution in [3.63, 3.8) is 0 Å². The molecule has 0 aliphatic carbocycles. The Morgan fingerprint density at radius 1 is 1.00 bits per heavy atom. The van der Waals surface area contributed by atoms with Crippen molar-refractivity contribution >= 4 is 28.6 Å². The lowest BCUT2D eigenvalue weighted by molar-refractivity contribution is -0.384. The summed E-state index contributed by atoms with van der Waals surface area (Å²) in [5.41, 5.74) is 5.02. The van der Waals surface area contributed by atoms with E-state index in [1.54, 1.807) is 18.3 Å². The van der Waals surface area contributed by atoms with Crippen molar-refractivity contribution in [1.29, 1.82) is 0 Å². The number of hydrogen-bond donors (Lipinski definition) is 1. The number of hydrogen-bond acceptors (Lipinski definition) is 4.